The smallest absolute Gasteiger partial charge is 0.406 e. The highest BCUT2D eigenvalue weighted by Gasteiger charge is 2.31. The molecule has 0 spiro atoms. The number of H-pyrrole nitrogens is 1. The second-order valence-corrected chi connectivity index (χ2v) is 3.76. The SMILES string of the molecule is NNC(=O)c1c[nH]c2ccc(OC(F)(F)F)cc2c1=O. The monoisotopic (exact) mass is 287 g/mol. The standard InChI is InChI=1S/C11H8F3N3O3/c12-11(13,14)20-5-1-2-8-6(3-5)9(18)7(4-16-8)10(19)17-15/h1-4H,15H2,(H,16,18)(H,17,19). The highest BCUT2D eigenvalue weighted by Crippen LogP contribution is 2.24. The van der Waals surface area contributed by atoms with Gasteiger partial charge in [-0.05, 0) is 18.2 Å². The number of carbonyl (C=O) groups is 1. The summed E-state index contributed by atoms with van der Waals surface area (Å²) in [5.41, 5.74) is 0.961. The van der Waals surface area contributed by atoms with E-state index < -0.39 is 23.4 Å². The summed E-state index contributed by atoms with van der Waals surface area (Å²) in [6.45, 7) is 0. The predicted octanol–water partition coefficient (Wildman–Crippen LogP) is 1.03. The minimum absolute atomic E-state index is 0.118. The number of hydrazine groups is 1. The summed E-state index contributed by atoms with van der Waals surface area (Å²) < 4.78 is 40.1. The largest absolute Gasteiger partial charge is 0.573 e. The Hall–Kier alpha value is -2.55. The van der Waals surface area contributed by atoms with Gasteiger partial charge < -0.3 is 9.72 Å². The molecule has 0 aliphatic rings. The maximum atomic E-state index is 12.1. The molecule has 0 fully saturated rings. The first-order chi connectivity index (χ1) is 9.31. The zero-order valence-electron chi connectivity index (χ0n) is 9.75. The number of amides is 1. The van der Waals surface area contributed by atoms with Crippen LogP contribution in [0.4, 0.5) is 13.2 Å². The van der Waals surface area contributed by atoms with Crippen molar-refractivity contribution in [3.63, 3.8) is 0 Å². The van der Waals surface area contributed by atoms with Crippen LogP contribution in [-0.4, -0.2) is 17.3 Å². The molecule has 0 unspecified atom stereocenters. The molecule has 6 nitrogen and oxygen atoms in total. The molecule has 0 saturated heterocycles. The predicted molar refractivity (Wildman–Crippen MR) is 62.9 cm³/mol. The molecule has 0 aliphatic heterocycles. The average Bonchev–Trinajstić information content (AvgIpc) is 2.37. The summed E-state index contributed by atoms with van der Waals surface area (Å²) in [5.74, 6) is 3.50. The number of nitrogens with one attached hydrogen (secondary N) is 2. The number of hydrogen-bond acceptors (Lipinski definition) is 4. The van der Waals surface area contributed by atoms with Crippen LogP contribution in [0.15, 0.2) is 29.2 Å². The molecule has 106 valence electrons. The van der Waals surface area contributed by atoms with Crippen LogP contribution in [-0.2, 0) is 0 Å². The number of halogens is 3. The molecule has 0 aliphatic carbocycles. The third-order valence-electron chi connectivity index (χ3n) is 2.46. The van der Waals surface area contributed by atoms with E-state index in [-0.39, 0.29) is 16.5 Å². The van der Waals surface area contributed by atoms with Gasteiger partial charge in [-0.2, -0.15) is 0 Å². The molecule has 0 bridgehead atoms. The lowest BCUT2D eigenvalue weighted by Gasteiger charge is -2.09. The molecule has 1 aromatic carbocycles. The third-order valence-corrected chi connectivity index (χ3v) is 2.46. The van der Waals surface area contributed by atoms with Crippen LogP contribution < -0.4 is 21.4 Å². The zero-order chi connectivity index (χ0) is 14.9. The van der Waals surface area contributed by atoms with E-state index in [0.29, 0.717) is 0 Å². The van der Waals surface area contributed by atoms with Gasteiger partial charge in [0, 0.05) is 17.1 Å². The minimum Gasteiger partial charge on any atom is -0.406 e. The highest BCUT2D eigenvalue weighted by atomic mass is 19.4. The Morgan fingerprint density at radius 1 is 1.35 bits per heavy atom. The summed E-state index contributed by atoms with van der Waals surface area (Å²) in [5, 5.41) is -0.118. The highest BCUT2D eigenvalue weighted by molar-refractivity contribution is 5.96. The molecule has 2 rings (SSSR count). The first-order valence-corrected chi connectivity index (χ1v) is 5.24. The van der Waals surface area contributed by atoms with Gasteiger partial charge in [-0.1, -0.05) is 0 Å². The number of nitrogen functional groups attached to an aromatic ring is 1. The van der Waals surface area contributed by atoms with E-state index >= 15 is 0 Å². The number of nitrogens with two attached hydrogens (primary N) is 1. The Bertz CT molecular complexity index is 724. The van der Waals surface area contributed by atoms with Crippen molar-refractivity contribution in [2.45, 2.75) is 6.36 Å². The number of rotatable bonds is 2. The number of ether oxygens (including phenoxy) is 1. The van der Waals surface area contributed by atoms with Gasteiger partial charge in [0.15, 0.2) is 0 Å². The molecule has 1 amide bonds. The summed E-state index contributed by atoms with van der Waals surface area (Å²) >= 11 is 0. The number of pyridine rings is 1. The second kappa shape index (κ2) is 4.85. The van der Waals surface area contributed by atoms with Gasteiger partial charge in [0.2, 0.25) is 5.43 Å². The van der Waals surface area contributed by atoms with Gasteiger partial charge in [0.25, 0.3) is 5.91 Å². The Labute approximate surface area is 109 Å². The van der Waals surface area contributed by atoms with E-state index in [1.165, 1.54) is 6.07 Å². The third kappa shape index (κ3) is 2.72. The van der Waals surface area contributed by atoms with Crippen LogP contribution in [0, 0.1) is 0 Å². The van der Waals surface area contributed by atoms with Crippen LogP contribution in [0.2, 0.25) is 0 Å². The summed E-state index contributed by atoms with van der Waals surface area (Å²) in [6.07, 6.45) is -3.75. The van der Waals surface area contributed by atoms with Crippen LogP contribution in [0.25, 0.3) is 10.9 Å². The molecule has 9 heteroatoms. The van der Waals surface area contributed by atoms with Gasteiger partial charge in [0.05, 0.1) is 0 Å². The van der Waals surface area contributed by atoms with Crippen molar-refractivity contribution in [2.24, 2.45) is 5.84 Å². The quantitative estimate of drug-likeness (QED) is 0.436. The fourth-order valence-electron chi connectivity index (χ4n) is 1.64. The number of fused-ring (bicyclic) bond motifs is 1. The number of aromatic amines is 1. The van der Waals surface area contributed by atoms with Crippen molar-refractivity contribution < 1.29 is 22.7 Å². The summed E-state index contributed by atoms with van der Waals surface area (Å²) in [4.78, 5) is 25.9. The minimum atomic E-state index is -4.87. The Kier molecular flexibility index (Phi) is 3.36. The molecule has 0 atom stereocenters. The molecule has 4 N–H and O–H groups in total. The fraction of sp³-hybridized carbons (Fsp3) is 0.0909. The average molecular weight is 287 g/mol. The number of carbonyl (C=O) groups excluding carboxylic acids is 1. The maximum Gasteiger partial charge on any atom is 0.573 e. The van der Waals surface area contributed by atoms with Crippen molar-refractivity contribution in [1.29, 1.82) is 0 Å². The van der Waals surface area contributed by atoms with Crippen LogP contribution in [0.1, 0.15) is 10.4 Å². The zero-order valence-corrected chi connectivity index (χ0v) is 9.75. The van der Waals surface area contributed by atoms with Crippen LogP contribution >= 0.6 is 0 Å². The van der Waals surface area contributed by atoms with E-state index in [1.54, 1.807) is 5.43 Å². The molecule has 20 heavy (non-hydrogen) atoms. The fourth-order valence-corrected chi connectivity index (χ4v) is 1.64. The number of alkyl halides is 3. The van der Waals surface area contributed by atoms with Crippen molar-refractivity contribution in [2.75, 3.05) is 0 Å². The Morgan fingerprint density at radius 2 is 2.05 bits per heavy atom. The van der Waals surface area contributed by atoms with E-state index in [0.717, 1.165) is 18.3 Å². The molecule has 0 saturated carbocycles. The van der Waals surface area contributed by atoms with E-state index in [1.807, 2.05) is 0 Å². The number of aromatic nitrogens is 1. The normalized spacial score (nSPS) is 11.4. The lowest BCUT2D eigenvalue weighted by atomic mass is 10.1. The first kappa shape index (κ1) is 13.9. The van der Waals surface area contributed by atoms with Gasteiger partial charge in [0.1, 0.15) is 11.3 Å². The molecular weight excluding hydrogens is 279 g/mol. The van der Waals surface area contributed by atoms with Crippen molar-refractivity contribution in [1.82, 2.24) is 10.4 Å². The van der Waals surface area contributed by atoms with Crippen molar-refractivity contribution >= 4 is 16.8 Å². The molecular formula is C11H8F3N3O3. The van der Waals surface area contributed by atoms with Crippen molar-refractivity contribution in [3.05, 3.63) is 40.2 Å². The van der Waals surface area contributed by atoms with Gasteiger partial charge in [-0.15, -0.1) is 13.2 Å². The van der Waals surface area contributed by atoms with E-state index in [9.17, 15) is 22.8 Å². The first-order valence-electron chi connectivity index (χ1n) is 5.24. The van der Waals surface area contributed by atoms with Crippen LogP contribution in [0.3, 0.4) is 0 Å². The summed E-state index contributed by atoms with van der Waals surface area (Å²) in [6, 6.07) is 3.19. The maximum absolute atomic E-state index is 12.1. The molecule has 2 aromatic rings. The molecule has 1 heterocycles. The number of benzene rings is 1. The van der Waals surface area contributed by atoms with Gasteiger partial charge in [-0.3, -0.25) is 15.0 Å². The van der Waals surface area contributed by atoms with Crippen LogP contribution in [0.5, 0.6) is 5.75 Å². The second-order valence-electron chi connectivity index (χ2n) is 3.76. The molecule has 0 radical (unpaired) electrons. The van der Waals surface area contributed by atoms with Gasteiger partial charge >= 0.3 is 6.36 Å². The lowest BCUT2D eigenvalue weighted by Crippen LogP contribution is -2.33. The van der Waals surface area contributed by atoms with E-state index in [2.05, 4.69) is 9.72 Å². The lowest BCUT2D eigenvalue weighted by molar-refractivity contribution is -0.274. The Balaban J connectivity index is 2.58. The topological polar surface area (TPSA) is 97.2 Å². The summed E-state index contributed by atoms with van der Waals surface area (Å²) in [7, 11) is 0. The van der Waals surface area contributed by atoms with E-state index in [4.69, 9.17) is 5.84 Å². The Morgan fingerprint density at radius 3 is 2.65 bits per heavy atom. The molecule has 1 aromatic heterocycles. The van der Waals surface area contributed by atoms with Crippen molar-refractivity contribution in [3.8, 4) is 5.75 Å². The van der Waals surface area contributed by atoms with Gasteiger partial charge in [-0.25, -0.2) is 5.84 Å². The number of hydrogen-bond donors (Lipinski definition) is 3.